The van der Waals surface area contributed by atoms with Crippen LogP contribution in [0, 0.1) is 0 Å². The molecule has 0 saturated heterocycles. The van der Waals surface area contributed by atoms with Crippen LogP contribution >= 0.6 is 0 Å². The van der Waals surface area contributed by atoms with Gasteiger partial charge >= 0.3 is 0 Å². The van der Waals surface area contributed by atoms with Gasteiger partial charge in [-0.2, -0.15) is 5.10 Å². The molecule has 3 N–H and O–H groups in total. The summed E-state index contributed by atoms with van der Waals surface area (Å²) in [6.07, 6.45) is 5.33. The summed E-state index contributed by atoms with van der Waals surface area (Å²) in [7, 11) is 0. The van der Waals surface area contributed by atoms with Gasteiger partial charge in [0.25, 0.3) is 5.91 Å². The molecule has 0 aliphatic rings. The lowest BCUT2D eigenvalue weighted by Crippen LogP contribution is -2.13. The summed E-state index contributed by atoms with van der Waals surface area (Å²) in [4.78, 5) is 16.6. The Labute approximate surface area is 150 Å². The highest BCUT2D eigenvalue weighted by Gasteiger charge is 2.11. The predicted molar refractivity (Wildman–Crippen MR) is 102 cm³/mol. The molecule has 2 heterocycles. The Morgan fingerprint density at radius 3 is 2.77 bits per heavy atom. The van der Waals surface area contributed by atoms with Crippen molar-refractivity contribution in [2.24, 2.45) is 0 Å². The molecule has 0 bridgehead atoms. The number of nitrogens with zero attached hydrogens (tertiary/aromatic N) is 3. The van der Waals surface area contributed by atoms with E-state index in [1.165, 1.54) is 0 Å². The summed E-state index contributed by atoms with van der Waals surface area (Å²) < 4.78 is 1.89. The van der Waals surface area contributed by atoms with Crippen molar-refractivity contribution in [3.8, 4) is 0 Å². The molecule has 4 rings (SSSR count). The second-order valence-electron chi connectivity index (χ2n) is 5.98. The Morgan fingerprint density at radius 1 is 1.08 bits per heavy atom. The van der Waals surface area contributed by atoms with Crippen LogP contribution in [0.3, 0.4) is 0 Å². The number of hydrogen-bond donors (Lipinski definition) is 2. The number of rotatable bonds is 4. The fraction of sp³-hybridized carbons (Fsp3) is 0.0500. The van der Waals surface area contributed by atoms with Crippen LogP contribution in [0.5, 0.6) is 0 Å². The number of para-hydroxylation sites is 2. The number of carbonyl (C=O) groups is 1. The monoisotopic (exact) mass is 343 g/mol. The number of nitrogen functional groups attached to an aromatic ring is 1. The van der Waals surface area contributed by atoms with Gasteiger partial charge in [-0.1, -0.05) is 18.2 Å². The molecule has 0 unspecified atom stereocenters. The number of benzene rings is 2. The van der Waals surface area contributed by atoms with E-state index in [0.29, 0.717) is 23.5 Å². The highest BCUT2D eigenvalue weighted by Crippen LogP contribution is 2.20. The standard InChI is InChI=1S/C20H17N5O/c21-17-5-1-2-6-18(17)24-20(26)15-7-8-19-16(10-15)12-23-25(19)13-14-4-3-9-22-11-14/h1-12H,13,21H2,(H,24,26). The van der Waals surface area contributed by atoms with Gasteiger partial charge < -0.3 is 11.1 Å². The normalized spacial score (nSPS) is 10.8. The zero-order valence-electron chi connectivity index (χ0n) is 14.0. The smallest absolute Gasteiger partial charge is 0.255 e. The van der Waals surface area contributed by atoms with Crippen molar-refractivity contribution in [3.05, 3.63) is 84.3 Å². The number of nitrogens with one attached hydrogen (secondary N) is 1. The van der Waals surface area contributed by atoms with E-state index < -0.39 is 0 Å². The Kier molecular flexibility index (Phi) is 4.07. The van der Waals surface area contributed by atoms with Crippen LogP contribution in [0.15, 0.2) is 73.2 Å². The second-order valence-corrected chi connectivity index (χ2v) is 5.98. The summed E-state index contributed by atoms with van der Waals surface area (Å²) in [5.74, 6) is -0.204. The highest BCUT2D eigenvalue weighted by atomic mass is 16.1. The SMILES string of the molecule is Nc1ccccc1NC(=O)c1ccc2c(cnn2Cc2cccnc2)c1. The maximum absolute atomic E-state index is 12.5. The van der Waals surface area contributed by atoms with E-state index in [-0.39, 0.29) is 5.91 Å². The van der Waals surface area contributed by atoms with E-state index in [2.05, 4.69) is 15.4 Å². The van der Waals surface area contributed by atoms with Crippen LogP contribution < -0.4 is 11.1 Å². The number of pyridine rings is 1. The number of hydrogen-bond acceptors (Lipinski definition) is 4. The molecule has 2 aromatic heterocycles. The summed E-state index contributed by atoms with van der Waals surface area (Å²) in [6.45, 7) is 0.628. The van der Waals surface area contributed by atoms with Crippen molar-refractivity contribution in [1.82, 2.24) is 14.8 Å². The van der Waals surface area contributed by atoms with E-state index in [4.69, 9.17) is 5.73 Å². The molecular formula is C20H17N5O. The summed E-state index contributed by atoms with van der Waals surface area (Å²) in [5.41, 5.74) is 9.60. The second kappa shape index (κ2) is 6.68. The van der Waals surface area contributed by atoms with Crippen molar-refractivity contribution in [1.29, 1.82) is 0 Å². The van der Waals surface area contributed by atoms with Crippen LogP contribution in [0.4, 0.5) is 11.4 Å². The molecule has 6 heteroatoms. The number of nitrogens with two attached hydrogens (primary N) is 1. The van der Waals surface area contributed by atoms with Gasteiger partial charge in [0, 0.05) is 23.3 Å². The topological polar surface area (TPSA) is 85.8 Å². The maximum Gasteiger partial charge on any atom is 0.255 e. The lowest BCUT2D eigenvalue weighted by molar-refractivity contribution is 0.102. The van der Waals surface area contributed by atoms with Gasteiger partial charge in [-0.15, -0.1) is 0 Å². The zero-order chi connectivity index (χ0) is 17.9. The van der Waals surface area contributed by atoms with Crippen molar-refractivity contribution in [3.63, 3.8) is 0 Å². The van der Waals surface area contributed by atoms with Crippen molar-refractivity contribution < 1.29 is 4.79 Å². The van der Waals surface area contributed by atoms with Gasteiger partial charge in [-0.25, -0.2) is 0 Å². The first-order chi connectivity index (χ1) is 12.7. The molecule has 0 spiro atoms. The molecule has 0 saturated carbocycles. The highest BCUT2D eigenvalue weighted by molar-refractivity contribution is 6.07. The molecule has 26 heavy (non-hydrogen) atoms. The quantitative estimate of drug-likeness (QED) is 0.557. The molecule has 6 nitrogen and oxygen atoms in total. The Hall–Kier alpha value is -3.67. The third kappa shape index (κ3) is 3.12. The van der Waals surface area contributed by atoms with E-state index in [0.717, 1.165) is 16.5 Å². The molecule has 1 amide bonds. The fourth-order valence-electron chi connectivity index (χ4n) is 2.82. The molecular weight excluding hydrogens is 326 g/mol. The molecule has 128 valence electrons. The third-order valence-electron chi connectivity index (χ3n) is 4.17. The molecule has 0 aliphatic carbocycles. The Morgan fingerprint density at radius 2 is 1.96 bits per heavy atom. The maximum atomic E-state index is 12.5. The first-order valence-corrected chi connectivity index (χ1v) is 8.21. The first kappa shape index (κ1) is 15.8. The Balaban J connectivity index is 1.58. The average Bonchev–Trinajstić information content (AvgIpc) is 3.06. The summed E-state index contributed by atoms with van der Waals surface area (Å²) >= 11 is 0. The molecule has 0 aliphatic heterocycles. The molecule has 4 aromatic rings. The van der Waals surface area contributed by atoms with Gasteiger partial charge in [-0.05, 0) is 42.0 Å². The summed E-state index contributed by atoms with van der Waals surface area (Å²) in [5, 5.41) is 8.17. The van der Waals surface area contributed by atoms with Gasteiger partial charge in [0.15, 0.2) is 0 Å². The Bertz CT molecular complexity index is 1070. The van der Waals surface area contributed by atoms with Crippen LogP contribution in [-0.4, -0.2) is 20.7 Å². The fourth-order valence-corrected chi connectivity index (χ4v) is 2.82. The minimum atomic E-state index is -0.204. The minimum Gasteiger partial charge on any atom is -0.397 e. The number of anilines is 2. The van der Waals surface area contributed by atoms with Crippen LogP contribution in [0.25, 0.3) is 10.9 Å². The summed E-state index contributed by atoms with van der Waals surface area (Å²) in [6, 6.07) is 16.6. The van der Waals surface area contributed by atoms with E-state index in [9.17, 15) is 4.79 Å². The van der Waals surface area contributed by atoms with Crippen LogP contribution in [-0.2, 0) is 6.54 Å². The molecule has 2 aromatic carbocycles. The van der Waals surface area contributed by atoms with Crippen LogP contribution in [0.1, 0.15) is 15.9 Å². The molecule has 0 fully saturated rings. The van der Waals surface area contributed by atoms with Gasteiger partial charge in [0.2, 0.25) is 0 Å². The van der Waals surface area contributed by atoms with E-state index >= 15 is 0 Å². The van der Waals surface area contributed by atoms with Crippen LogP contribution in [0.2, 0.25) is 0 Å². The number of fused-ring (bicyclic) bond motifs is 1. The number of aromatic nitrogens is 3. The number of carbonyl (C=O) groups excluding carboxylic acids is 1. The van der Waals surface area contributed by atoms with E-state index in [1.807, 2.05) is 47.3 Å². The molecule has 0 atom stereocenters. The minimum absolute atomic E-state index is 0.204. The van der Waals surface area contributed by atoms with Gasteiger partial charge in [-0.3, -0.25) is 14.5 Å². The predicted octanol–water partition coefficient (Wildman–Crippen LogP) is 3.31. The number of amides is 1. The first-order valence-electron chi connectivity index (χ1n) is 8.21. The third-order valence-corrected chi connectivity index (χ3v) is 4.17. The molecule has 0 radical (unpaired) electrons. The van der Waals surface area contributed by atoms with Gasteiger partial charge in [0.1, 0.15) is 0 Å². The average molecular weight is 343 g/mol. The lowest BCUT2D eigenvalue weighted by Gasteiger charge is -2.08. The van der Waals surface area contributed by atoms with E-state index in [1.54, 1.807) is 30.6 Å². The van der Waals surface area contributed by atoms with Crippen molar-refractivity contribution >= 4 is 28.2 Å². The zero-order valence-corrected chi connectivity index (χ0v) is 14.0. The van der Waals surface area contributed by atoms with Crippen molar-refractivity contribution in [2.45, 2.75) is 6.54 Å². The lowest BCUT2D eigenvalue weighted by atomic mass is 10.1. The van der Waals surface area contributed by atoms with Crippen molar-refractivity contribution in [2.75, 3.05) is 11.1 Å². The van der Waals surface area contributed by atoms with Gasteiger partial charge in [0.05, 0.1) is 29.6 Å². The largest absolute Gasteiger partial charge is 0.397 e.